The number of rotatable bonds is 6. The van der Waals surface area contributed by atoms with Gasteiger partial charge in [0.25, 0.3) is 5.69 Å². The van der Waals surface area contributed by atoms with Crippen LogP contribution in [0.25, 0.3) is 10.9 Å². The number of non-ortho nitro benzene ring substituents is 1. The lowest BCUT2D eigenvalue weighted by Crippen LogP contribution is -2.16. The van der Waals surface area contributed by atoms with E-state index in [9.17, 15) is 28.3 Å². The number of nitrogens with zero attached hydrogens (tertiary/aromatic N) is 1. The molecule has 1 heterocycles. The van der Waals surface area contributed by atoms with E-state index in [-0.39, 0.29) is 28.0 Å². The number of carbonyl (C=O) groups excluding carboxylic acids is 1. The molecule has 13 heteroatoms. The second-order valence-electron chi connectivity index (χ2n) is 5.72. The third-order valence-electron chi connectivity index (χ3n) is 3.67. The van der Waals surface area contributed by atoms with Crippen molar-refractivity contribution >= 4 is 30.4 Å². The van der Waals surface area contributed by atoms with Crippen molar-refractivity contribution in [2.45, 2.75) is 6.11 Å². The molecule has 10 nitrogen and oxygen atoms in total. The molecule has 0 saturated heterocycles. The van der Waals surface area contributed by atoms with Crippen LogP contribution in [0, 0.1) is 10.1 Å². The van der Waals surface area contributed by atoms with Crippen molar-refractivity contribution in [3.05, 3.63) is 69.9 Å². The number of phosphoric ester groups is 1. The predicted octanol–water partition coefficient (Wildman–Crippen LogP) is 3.45. The van der Waals surface area contributed by atoms with E-state index in [0.29, 0.717) is 0 Å². The molecule has 0 unspecified atom stereocenters. The summed E-state index contributed by atoms with van der Waals surface area (Å²) in [6.07, 6.45) is -4.26. The molecule has 0 aliphatic carbocycles. The zero-order chi connectivity index (χ0) is 21.4. The van der Waals surface area contributed by atoms with Crippen LogP contribution in [0.4, 0.5) is 14.5 Å². The lowest BCUT2D eigenvalue weighted by molar-refractivity contribution is -0.384. The van der Waals surface area contributed by atoms with E-state index in [0.717, 1.165) is 24.3 Å². The first-order valence-electron chi connectivity index (χ1n) is 7.69. The fraction of sp³-hybridized carbons (Fsp3) is 0.0625. The number of hydrogen-bond donors (Lipinski definition) is 3. The molecule has 0 fully saturated rings. The topological polar surface area (TPSA) is 152 Å². The van der Waals surface area contributed by atoms with Gasteiger partial charge in [-0.15, -0.1) is 0 Å². The summed E-state index contributed by atoms with van der Waals surface area (Å²) in [4.78, 5) is 42.1. The molecule has 0 saturated carbocycles. The highest BCUT2D eigenvalue weighted by Gasteiger charge is 2.40. The fourth-order valence-corrected chi connectivity index (χ4v) is 2.83. The Kier molecular flexibility index (Phi) is 5.20. The number of esters is 1. The van der Waals surface area contributed by atoms with Crippen LogP contribution in [-0.2, 0) is 15.2 Å². The lowest BCUT2D eigenvalue weighted by atomic mass is 10.1. The minimum Gasteiger partial charge on any atom is -0.422 e. The van der Waals surface area contributed by atoms with Crippen LogP contribution in [0.5, 0.6) is 5.75 Å². The second kappa shape index (κ2) is 7.33. The average molecular weight is 428 g/mol. The van der Waals surface area contributed by atoms with Gasteiger partial charge in [0.2, 0.25) is 0 Å². The van der Waals surface area contributed by atoms with Crippen molar-refractivity contribution in [3.63, 3.8) is 0 Å². The number of nitrogens with one attached hydrogen (secondary N) is 1. The van der Waals surface area contributed by atoms with Crippen molar-refractivity contribution in [2.24, 2.45) is 0 Å². The molecule has 2 aromatic carbocycles. The summed E-state index contributed by atoms with van der Waals surface area (Å²) >= 11 is 0. The first-order chi connectivity index (χ1) is 13.4. The van der Waals surface area contributed by atoms with Crippen molar-refractivity contribution in [1.82, 2.24) is 4.98 Å². The zero-order valence-corrected chi connectivity index (χ0v) is 15.0. The molecule has 0 radical (unpaired) electrons. The van der Waals surface area contributed by atoms with E-state index in [1.54, 1.807) is 0 Å². The van der Waals surface area contributed by atoms with Gasteiger partial charge in [-0.1, -0.05) is 0 Å². The molecule has 0 bridgehead atoms. The van der Waals surface area contributed by atoms with Crippen molar-refractivity contribution < 1.29 is 42.1 Å². The summed E-state index contributed by atoms with van der Waals surface area (Å²) in [5.74, 6) is -0.851. The third kappa shape index (κ3) is 4.81. The second-order valence-corrected chi connectivity index (χ2v) is 6.89. The van der Waals surface area contributed by atoms with Gasteiger partial charge in [-0.2, -0.15) is 8.78 Å². The Morgan fingerprint density at radius 3 is 2.38 bits per heavy atom. The average Bonchev–Trinajstić information content (AvgIpc) is 3.03. The summed E-state index contributed by atoms with van der Waals surface area (Å²) in [5, 5.41) is 10.7. The van der Waals surface area contributed by atoms with E-state index in [2.05, 4.69) is 9.51 Å². The number of H-pyrrole nitrogens is 1. The maximum absolute atomic E-state index is 13.9. The maximum Gasteiger partial charge on any atom is 0.474 e. The molecular weight excluding hydrogens is 417 g/mol. The molecule has 0 amide bonds. The summed E-state index contributed by atoms with van der Waals surface area (Å²) in [7, 11) is -5.45. The molecule has 3 rings (SSSR count). The minimum absolute atomic E-state index is 0.0292. The van der Waals surface area contributed by atoms with Crippen molar-refractivity contribution in [2.75, 3.05) is 0 Å². The van der Waals surface area contributed by atoms with Gasteiger partial charge in [-0.25, -0.2) is 13.9 Å². The number of carbonyl (C=O) groups is 1. The summed E-state index contributed by atoms with van der Waals surface area (Å²) in [6.45, 7) is 0. The van der Waals surface area contributed by atoms with Gasteiger partial charge < -0.3 is 19.5 Å². The molecule has 3 aromatic rings. The number of aromatic nitrogens is 1. The zero-order valence-electron chi connectivity index (χ0n) is 14.1. The highest BCUT2D eigenvalue weighted by atomic mass is 31.2. The third-order valence-corrected chi connectivity index (χ3v) is 4.14. The quantitative estimate of drug-likeness (QED) is 0.177. The van der Waals surface area contributed by atoms with Gasteiger partial charge >= 0.3 is 19.9 Å². The lowest BCUT2D eigenvalue weighted by Gasteiger charge is -2.17. The van der Waals surface area contributed by atoms with E-state index in [1.807, 2.05) is 0 Å². The van der Waals surface area contributed by atoms with Crippen LogP contribution in [0.2, 0.25) is 0 Å². The number of nitro benzene ring substituents is 1. The Morgan fingerprint density at radius 1 is 1.14 bits per heavy atom. The van der Waals surface area contributed by atoms with Crippen LogP contribution in [0.15, 0.2) is 48.5 Å². The minimum atomic E-state index is -5.45. The normalized spacial score (nSPS) is 12.1. The molecule has 0 aliphatic rings. The van der Waals surface area contributed by atoms with Gasteiger partial charge in [0.05, 0.1) is 10.5 Å². The molecule has 0 spiro atoms. The summed E-state index contributed by atoms with van der Waals surface area (Å²) in [5.41, 5.74) is -0.852. The Bertz CT molecular complexity index is 1140. The smallest absolute Gasteiger partial charge is 0.422 e. The molecule has 0 atom stereocenters. The maximum atomic E-state index is 13.9. The summed E-state index contributed by atoms with van der Waals surface area (Å²) in [6, 6.07) is 8.86. The number of alkyl halides is 2. The van der Waals surface area contributed by atoms with E-state index in [1.165, 1.54) is 24.3 Å². The molecule has 152 valence electrons. The highest BCUT2D eigenvalue weighted by molar-refractivity contribution is 7.46. The number of nitro groups is 1. The fourth-order valence-electron chi connectivity index (χ4n) is 2.42. The Morgan fingerprint density at radius 2 is 1.79 bits per heavy atom. The monoisotopic (exact) mass is 428 g/mol. The van der Waals surface area contributed by atoms with Crippen molar-refractivity contribution in [1.29, 1.82) is 0 Å². The van der Waals surface area contributed by atoms with E-state index < -0.39 is 30.4 Å². The van der Waals surface area contributed by atoms with Gasteiger partial charge in [0, 0.05) is 23.0 Å². The van der Waals surface area contributed by atoms with Gasteiger partial charge in [-0.05, 0) is 36.4 Å². The van der Waals surface area contributed by atoms with Gasteiger partial charge in [-0.3, -0.25) is 10.1 Å². The predicted molar refractivity (Wildman–Crippen MR) is 93.4 cm³/mol. The number of fused-ring (bicyclic) bond motifs is 1. The van der Waals surface area contributed by atoms with Gasteiger partial charge in [0.15, 0.2) is 0 Å². The number of aromatic amines is 1. The molecule has 29 heavy (non-hydrogen) atoms. The first kappa shape index (κ1) is 20.6. The van der Waals surface area contributed by atoms with Crippen LogP contribution >= 0.6 is 7.82 Å². The molecule has 3 N–H and O–H groups in total. The highest BCUT2D eigenvalue weighted by Crippen LogP contribution is 2.47. The Hall–Kier alpha value is -3.18. The number of benzene rings is 2. The number of halogens is 2. The van der Waals surface area contributed by atoms with Crippen molar-refractivity contribution in [3.8, 4) is 5.75 Å². The molecular formula is C16H11F2N2O8P. The number of ether oxygens (including phenoxy) is 1. The van der Waals surface area contributed by atoms with E-state index >= 15 is 0 Å². The van der Waals surface area contributed by atoms with Crippen LogP contribution < -0.4 is 4.74 Å². The van der Waals surface area contributed by atoms with Crippen LogP contribution in [-0.4, -0.2) is 25.7 Å². The van der Waals surface area contributed by atoms with Crippen LogP contribution in [0.3, 0.4) is 0 Å². The first-order valence-corrected chi connectivity index (χ1v) is 9.22. The summed E-state index contributed by atoms with van der Waals surface area (Å²) < 4.78 is 47.0. The van der Waals surface area contributed by atoms with E-state index in [4.69, 9.17) is 14.5 Å². The molecule has 0 aliphatic heterocycles. The van der Waals surface area contributed by atoms with Gasteiger partial charge in [0.1, 0.15) is 11.4 Å². The van der Waals surface area contributed by atoms with Crippen LogP contribution in [0.1, 0.15) is 16.1 Å². The Labute approximate surface area is 160 Å². The standard InChI is InChI=1S/C16H11F2N2O8P/c17-16(18,28-29(24,25)26)10-1-6-13-9(7-10)8-14(19-13)15(21)27-12-4-2-11(3-5-12)20(22)23/h1-8,19H,(H2,24,25,26). The largest absolute Gasteiger partial charge is 0.474 e. The molecule has 1 aromatic heterocycles. The number of hydrogen-bond acceptors (Lipinski definition) is 6. The SMILES string of the molecule is O=C(Oc1ccc([N+](=O)[O-])cc1)c1cc2cc(C(F)(F)OP(=O)(O)O)ccc2[nH]1. The Balaban J connectivity index is 1.83. The number of phosphoric acid groups is 1.